The van der Waals surface area contributed by atoms with Crippen molar-refractivity contribution < 1.29 is 24.5 Å². The molecular formula is C55H47IrN3OSi-2. The van der Waals surface area contributed by atoms with E-state index in [-0.39, 0.29) is 20.1 Å². The van der Waals surface area contributed by atoms with Crippen molar-refractivity contribution in [2.75, 3.05) is 0 Å². The van der Waals surface area contributed by atoms with Gasteiger partial charge in [0, 0.05) is 42.9 Å². The summed E-state index contributed by atoms with van der Waals surface area (Å²) in [5.41, 5.74) is 13.9. The molecule has 0 unspecified atom stereocenters. The molecule has 0 aliphatic rings. The van der Waals surface area contributed by atoms with Crippen LogP contribution in [0.5, 0.6) is 0 Å². The molecule has 0 amide bonds. The predicted octanol–water partition coefficient (Wildman–Crippen LogP) is 14.0. The van der Waals surface area contributed by atoms with E-state index in [9.17, 15) is 0 Å². The van der Waals surface area contributed by atoms with Crippen molar-refractivity contribution in [3.63, 3.8) is 0 Å². The van der Waals surface area contributed by atoms with Crippen molar-refractivity contribution in [1.82, 2.24) is 14.5 Å². The van der Waals surface area contributed by atoms with Crippen molar-refractivity contribution in [2.24, 2.45) is 5.92 Å². The monoisotopic (exact) mass is 986 g/mol. The van der Waals surface area contributed by atoms with Crippen molar-refractivity contribution in [3.8, 4) is 50.6 Å². The Morgan fingerprint density at radius 2 is 1.33 bits per heavy atom. The van der Waals surface area contributed by atoms with Gasteiger partial charge in [0.1, 0.15) is 5.58 Å². The molecule has 0 aliphatic heterocycles. The minimum Gasteiger partial charge on any atom is -0.501 e. The van der Waals surface area contributed by atoms with Gasteiger partial charge in [-0.2, -0.15) is 0 Å². The van der Waals surface area contributed by atoms with E-state index in [1.54, 1.807) is 0 Å². The van der Waals surface area contributed by atoms with Crippen LogP contribution in [-0.4, -0.2) is 22.6 Å². The standard InChI is InChI=1S/C31H19N2O.C24H28NSi.Ir/c1-2-11-21(12-3-1)22-13-4-7-18-27(22)33-28-19-8-6-17-26(28)32-31(33)25-16-10-15-24-23-14-5-9-20-29(23)34-30(24)25;1-18(2)14-22-16-23(25-17-24(22)26(3,4)5)21-13-9-12-20(15-21)19-10-7-6-8-11-19;/h1-15,17-20H;6-12,15-18H,14H2,1-5H3;/q2*-1;. The Morgan fingerprint density at radius 1 is 0.656 bits per heavy atom. The van der Waals surface area contributed by atoms with Crippen LogP contribution in [0.1, 0.15) is 19.4 Å². The normalized spacial score (nSPS) is 11.4. The number of aromatic nitrogens is 3. The summed E-state index contributed by atoms with van der Waals surface area (Å²) in [5, 5.41) is 3.65. The molecule has 0 bridgehead atoms. The molecule has 3 heterocycles. The summed E-state index contributed by atoms with van der Waals surface area (Å²) in [6.45, 7) is 11.8. The quantitative estimate of drug-likeness (QED) is 0.113. The van der Waals surface area contributed by atoms with Gasteiger partial charge in [-0.25, -0.2) is 0 Å². The maximum atomic E-state index is 6.36. The number of rotatable bonds is 8. The number of imidazole rings is 1. The van der Waals surface area contributed by atoms with Crippen LogP contribution in [0.4, 0.5) is 0 Å². The molecule has 0 saturated heterocycles. The second kappa shape index (κ2) is 17.8. The zero-order chi connectivity index (χ0) is 41.2. The number of hydrogen-bond donors (Lipinski definition) is 0. The third kappa shape index (κ3) is 8.58. The van der Waals surface area contributed by atoms with Crippen molar-refractivity contribution in [2.45, 2.75) is 39.9 Å². The first kappa shape index (κ1) is 41.6. The van der Waals surface area contributed by atoms with Gasteiger partial charge in [0.15, 0.2) is 0 Å². The first-order chi connectivity index (χ1) is 29.2. The molecule has 10 rings (SSSR count). The molecule has 6 heteroatoms. The number of fused-ring (bicyclic) bond motifs is 4. The summed E-state index contributed by atoms with van der Waals surface area (Å²) >= 11 is 0. The van der Waals surface area contributed by atoms with Crippen LogP contribution >= 0.6 is 0 Å². The van der Waals surface area contributed by atoms with Gasteiger partial charge < -0.3 is 14.0 Å². The average Bonchev–Trinajstić information content (AvgIpc) is 3.86. The molecule has 0 atom stereocenters. The average molecular weight is 986 g/mol. The smallest absolute Gasteiger partial charge is 0.120 e. The fraction of sp³-hybridized carbons (Fsp3) is 0.127. The van der Waals surface area contributed by atoms with E-state index in [0.717, 1.165) is 78.9 Å². The molecule has 1 radical (unpaired) electrons. The third-order valence-electron chi connectivity index (χ3n) is 11.0. The fourth-order valence-electron chi connectivity index (χ4n) is 8.18. The Labute approximate surface area is 373 Å². The zero-order valence-electron chi connectivity index (χ0n) is 35.1. The SMILES string of the molecule is CC(C)Cc1cc(-c2[c-]ccc(-c3ccccc3)c2)ncc1[Si](C)(C)C.[Ir].[c-]1ccc2c(oc3ccccc32)c1-c1nc2ccccc2n1-c1ccccc1-c1ccccc1. The van der Waals surface area contributed by atoms with Crippen molar-refractivity contribution in [1.29, 1.82) is 0 Å². The fourth-order valence-corrected chi connectivity index (χ4v) is 9.77. The topological polar surface area (TPSA) is 43.9 Å². The summed E-state index contributed by atoms with van der Waals surface area (Å²) in [5.74, 6) is 1.45. The van der Waals surface area contributed by atoms with E-state index < -0.39 is 8.07 Å². The Bertz CT molecular complexity index is 3090. The van der Waals surface area contributed by atoms with Gasteiger partial charge >= 0.3 is 0 Å². The van der Waals surface area contributed by atoms with E-state index in [4.69, 9.17) is 14.4 Å². The number of para-hydroxylation sites is 4. The van der Waals surface area contributed by atoms with E-state index in [1.807, 2.05) is 48.5 Å². The Hall–Kier alpha value is -6.17. The van der Waals surface area contributed by atoms with Crippen LogP contribution in [0.25, 0.3) is 83.6 Å². The molecule has 0 N–H and O–H groups in total. The van der Waals surface area contributed by atoms with Crippen LogP contribution in [0, 0.1) is 18.1 Å². The molecule has 10 aromatic rings. The Kier molecular flexibility index (Phi) is 12.1. The van der Waals surface area contributed by atoms with Gasteiger partial charge in [0.25, 0.3) is 0 Å². The molecule has 303 valence electrons. The van der Waals surface area contributed by atoms with Gasteiger partial charge in [-0.05, 0) is 58.6 Å². The molecule has 61 heavy (non-hydrogen) atoms. The van der Waals surface area contributed by atoms with Crippen LogP contribution < -0.4 is 5.19 Å². The number of hydrogen-bond acceptors (Lipinski definition) is 3. The summed E-state index contributed by atoms with van der Waals surface area (Å²) in [6, 6.07) is 65.3. The van der Waals surface area contributed by atoms with Gasteiger partial charge in [-0.3, -0.25) is 4.98 Å². The van der Waals surface area contributed by atoms with Crippen LogP contribution in [0.3, 0.4) is 0 Å². The molecule has 0 spiro atoms. The molecule has 4 nitrogen and oxygen atoms in total. The molecular weight excluding hydrogens is 939 g/mol. The maximum absolute atomic E-state index is 6.36. The van der Waals surface area contributed by atoms with Gasteiger partial charge in [-0.1, -0.05) is 165 Å². The Balaban J connectivity index is 0.000000172. The number of nitrogens with zero attached hydrogens (tertiary/aromatic N) is 3. The minimum atomic E-state index is -1.40. The summed E-state index contributed by atoms with van der Waals surface area (Å²) in [6.07, 6.45) is 3.23. The zero-order valence-corrected chi connectivity index (χ0v) is 38.5. The van der Waals surface area contributed by atoms with E-state index >= 15 is 0 Å². The largest absolute Gasteiger partial charge is 0.501 e. The van der Waals surface area contributed by atoms with Crippen LogP contribution in [-0.2, 0) is 26.5 Å². The maximum Gasteiger partial charge on any atom is 0.120 e. The summed E-state index contributed by atoms with van der Waals surface area (Å²) in [4.78, 5) is 9.91. The second-order valence-corrected chi connectivity index (χ2v) is 21.8. The number of pyridine rings is 1. The molecule has 0 saturated carbocycles. The summed E-state index contributed by atoms with van der Waals surface area (Å²) in [7, 11) is -1.40. The van der Waals surface area contributed by atoms with E-state index in [1.165, 1.54) is 21.9 Å². The van der Waals surface area contributed by atoms with E-state index in [2.05, 4.69) is 178 Å². The summed E-state index contributed by atoms with van der Waals surface area (Å²) < 4.78 is 8.59. The molecule has 3 aromatic heterocycles. The first-order valence-corrected chi connectivity index (χ1v) is 24.2. The van der Waals surface area contributed by atoms with Gasteiger partial charge in [0.2, 0.25) is 0 Å². The molecule has 0 aliphatic carbocycles. The molecule has 7 aromatic carbocycles. The third-order valence-corrected chi connectivity index (χ3v) is 13.0. The van der Waals surface area contributed by atoms with E-state index in [0.29, 0.717) is 5.92 Å². The van der Waals surface area contributed by atoms with Gasteiger partial charge in [-0.15, -0.1) is 53.6 Å². The van der Waals surface area contributed by atoms with Crippen molar-refractivity contribution >= 4 is 46.2 Å². The Morgan fingerprint density at radius 3 is 2.10 bits per heavy atom. The number of furan rings is 1. The number of benzene rings is 7. The van der Waals surface area contributed by atoms with Gasteiger partial charge in [0.05, 0.1) is 30.5 Å². The van der Waals surface area contributed by atoms with Crippen LogP contribution in [0.2, 0.25) is 19.6 Å². The molecule has 0 fully saturated rings. The predicted molar refractivity (Wildman–Crippen MR) is 254 cm³/mol. The first-order valence-electron chi connectivity index (χ1n) is 20.7. The minimum absolute atomic E-state index is 0. The van der Waals surface area contributed by atoms with Crippen molar-refractivity contribution in [3.05, 3.63) is 194 Å². The second-order valence-electron chi connectivity index (χ2n) is 16.8. The van der Waals surface area contributed by atoms with Crippen LogP contribution in [0.15, 0.2) is 180 Å².